The summed E-state index contributed by atoms with van der Waals surface area (Å²) in [5, 5.41) is 0. The van der Waals surface area contributed by atoms with Crippen LogP contribution in [0.1, 0.15) is 25.3 Å². The van der Waals surface area contributed by atoms with E-state index in [1.165, 1.54) is 5.56 Å². The first-order valence-corrected chi connectivity index (χ1v) is 5.55. The van der Waals surface area contributed by atoms with Crippen LogP contribution in [0.25, 0.3) is 0 Å². The third-order valence-electron chi connectivity index (χ3n) is 2.10. The Morgan fingerprint density at radius 2 is 2.07 bits per heavy atom. The van der Waals surface area contributed by atoms with Crippen molar-refractivity contribution in [3.05, 3.63) is 35.9 Å². The lowest BCUT2D eigenvalue weighted by Gasteiger charge is -2.05. The fraction of sp³-hybridized carbons (Fsp3) is 0.417. The topological polar surface area (TPSA) is 21.6 Å². The van der Waals surface area contributed by atoms with E-state index in [2.05, 4.69) is 28.8 Å². The van der Waals surface area contributed by atoms with Crippen molar-refractivity contribution < 1.29 is 4.74 Å². The summed E-state index contributed by atoms with van der Waals surface area (Å²) >= 11 is 5.39. The minimum atomic E-state index is 0.622. The smallest absolute Gasteiger partial charge is 0.200 e. The van der Waals surface area contributed by atoms with E-state index < -0.39 is 0 Å². The Labute approximate surface area is 96.0 Å². The van der Waals surface area contributed by atoms with Crippen molar-refractivity contribution in [2.75, 3.05) is 6.61 Å². The van der Waals surface area contributed by atoms with Gasteiger partial charge in [0.25, 0.3) is 0 Å². The highest BCUT2D eigenvalue weighted by Gasteiger charge is 1.99. The molecule has 0 saturated heterocycles. The van der Waals surface area contributed by atoms with E-state index in [-0.39, 0.29) is 0 Å². The molecule has 1 rings (SSSR count). The molecule has 0 N–H and O–H groups in total. The van der Waals surface area contributed by atoms with Gasteiger partial charge in [-0.25, -0.2) is 0 Å². The van der Waals surface area contributed by atoms with Crippen LogP contribution in [0.15, 0.2) is 34.8 Å². The Bertz CT molecular complexity index is 298. The summed E-state index contributed by atoms with van der Waals surface area (Å²) in [6.45, 7) is 2.55. The zero-order chi connectivity index (χ0) is 10.9. The number of ether oxygens (including phenoxy) is 1. The number of hydrogen-bond donors (Lipinski definition) is 0. The van der Waals surface area contributed by atoms with Gasteiger partial charge in [0.2, 0.25) is 5.90 Å². The Hall–Kier alpha value is -1.02. The number of nitrogens with zero attached hydrogens (tertiary/aromatic N) is 1. The second kappa shape index (κ2) is 7.30. The first-order chi connectivity index (χ1) is 7.36. The largest absolute Gasteiger partial charge is 0.480 e. The van der Waals surface area contributed by atoms with Gasteiger partial charge in [0.05, 0.1) is 6.61 Å². The summed E-state index contributed by atoms with van der Waals surface area (Å²) < 4.78 is 8.82. The van der Waals surface area contributed by atoms with Gasteiger partial charge in [-0.15, -0.1) is 4.51 Å². The minimum Gasteiger partial charge on any atom is -0.480 e. The lowest BCUT2D eigenvalue weighted by Crippen LogP contribution is -2.04. The molecule has 1 aromatic rings. The summed E-state index contributed by atoms with van der Waals surface area (Å²) in [7, 11) is 0. The molecule has 0 fully saturated rings. The molecular formula is C12H16ClNO. The van der Waals surface area contributed by atoms with E-state index >= 15 is 0 Å². The maximum absolute atomic E-state index is 5.39. The Morgan fingerprint density at radius 1 is 1.33 bits per heavy atom. The molecule has 0 atom stereocenters. The zero-order valence-electron chi connectivity index (χ0n) is 8.95. The fourth-order valence-electron chi connectivity index (χ4n) is 1.39. The molecule has 82 valence electrons. The van der Waals surface area contributed by atoms with Crippen LogP contribution >= 0.6 is 11.8 Å². The van der Waals surface area contributed by atoms with Crippen LogP contribution in [-0.4, -0.2) is 12.5 Å². The monoisotopic (exact) mass is 226 g/mol. The Balaban J connectivity index is 2.27. The highest BCUT2D eigenvalue weighted by atomic mass is 35.5. The minimum absolute atomic E-state index is 0.622. The third kappa shape index (κ3) is 4.84. The standard InChI is InChI=1S/C12H16ClNO/c1-2-15-12(14-13)10-6-9-11-7-4-3-5-8-11/h3-5,7-8H,2,6,9-10H2,1H3/b14-12-/i12+1. The summed E-state index contributed by atoms with van der Waals surface area (Å²) in [5.74, 6) is 0.634. The van der Waals surface area contributed by atoms with Crippen LogP contribution in [0, 0.1) is 0 Å². The maximum atomic E-state index is 5.39. The second-order valence-corrected chi connectivity index (χ2v) is 3.42. The first-order valence-electron chi connectivity index (χ1n) is 5.21. The lowest BCUT2D eigenvalue weighted by molar-refractivity contribution is 0.317. The quantitative estimate of drug-likeness (QED) is 0.427. The van der Waals surface area contributed by atoms with Gasteiger partial charge >= 0.3 is 0 Å². The van der Waals surface area contributed by atoms with Gasteiger partial charge in [0.15, 0.2) is 0 Å². The van der Waals surface area contributed by atoms with Crippen LogP contribution in [0.5, 0.6) is 0 Å². The molecule has 0 aromatic heterocycles. The lowest BCUT2D eigenvalue weighted by atomic mass is 10.1. The van der Waals surface area contributed by atoms with Gasteiger partial charge in [-0.2, -0.15) is 0 Å². The van der Waals surface area contributed by atoms with Gasteiger partial charge in [0, 0.05) is 18.2 Å². The molecule has 15 heavy (non-hydrogen) atoms. The van der Waals surface area contributed by atoms with Crippen LogP contribution in [0.2, 0.25) is 0 Å². The van der Waals surface area contributed by atoms with E-state index in [0.29, 0.717) is 12.5 Å². The van der Waals surface area contributed by atoms with Crippen LogP contribution in [-0.2, 0) is 11.2 Å². The van der Waals surface area contributed by atoms with Gasteiger partial charge in [-0.3, -0.25) is 0 Å². The number of aryl methyl sites for hydroxylation is 1. The van der Waals surface area contributed by atoms with Crippen LogP contribution in [0.4, 0.5) is 0 Å². The first kappa shape index (κ1) is 12.1. The maximum Gasteiger partial charge on any atom is 0.200 e. The predicted octanol–water partition coefficient (Wildman–Crippen LogP) is 3.60. The fourth-order valence-corrected chi connectivity index (χ4v) is 1.53. The highest BCUT2D eigenvalue weighted by Crippen LogP contribution is 2.06. The Morgan fingerprint density at radius 3 is 2.67 bits per heavy atom. The van der Waals surface area contributed by atoms with E-state index in [1.807, 2.05) is 13.0 Å². The van der Waals surface area contributed by atoms with Gasteiger partial charge < -0.3 is 4.74 Å². The molecule has 2 nitrogen and oxygen atoms in total. The SMILES string of the molecule is CCO/[13C](CCCc1ccccc1)=N\Cl. The molecule has 1 aromatic carbocycles. The predicted molar refractivity (Wildman–Crippen MR) is 64.3 cm³/mol. The van der Waals surface area contributed by atoms with Crippen LogP contribution in [0.3, 0.4) is 0 Å². The van der Waals surface area contributed by atoms with E-state index in [9.17, 15) is 0 Å². The summed E-state index contributed by atoms with van der Waals surface area (Å²) in [6, 6.07) is 10.4. The molecule has 0 amide bonds. The molecule has 3 heteroatoms. The summed E-state index contributed by atoms with van der Waals surface area (Å²) in [4.78, 5) is 0. The zero-order valence-corrected chi connectivity index (χ0v) is 9.70. The molecule has 0 heterocycles. The highest BCUT2D eigenvalue weighted by molar-refractivity contribution is 6.19. The van der Waals surface area contributed by atoms with Crippen molar-refractivity contribution in [2.45, 2.75) is 26.2 Å². The van der Waals surface area contributed by atoms with Gasteiger partial charge in [-0.1, -0.05) is 30.3 Å². The van der Waals surface area contributed by atoms with Crippen LogP contribution < -0.4 is 0 Å². The molecule has 0 unspecified atom stereocenters. The van der Waals surface area contributed by atoms with E-state index in [0.717, 1.165) is 19.3 Å². The van der Waals surface area contributed by atoms with Crippen molar-refractivity contribution in [3.8, 4) is 0 Å². The van der Waals surface area contributed by atoms with Crippen molar-refractivity contribution in [3.63, 3.8) is 0 Å². The van der Waals surface area contributed by atoms with Crippen molar-refractivity contribution in [1.82, 2.24) is 0 Å². The number of benzene rings is 1. The summed E-state index contributed by atoms with van der Waals surface area (Å²) in [6.07, 6.45) is 2.84. The molecule has 0 spiro atoms. The van der Waals surface area contributed by atoms with Gasteiger partial charge in [0.1, 0.15) is 0 Å². The molecule has 0 aliphatic rings. The van der Waals surface area contributed by atoms with Crippen molar-refractivity contribution in [2.24, 2.45) is 4.51 Å². The number of halogens is 1. The molecular weight excluding hydrogens is 211 g/mol. The van der Waals surface area contributed by atoms with Crippen molar-refractivity contribution in [1.29, 1.82) is 0 Å². The molecule has 0 bridgehead atoms. The van der Waals surface area contributed by atoms with Crippen molar-refractivity contribution >= 4 is 17.7 Å². The van der Waals surface area contributed by atoms with E-state index in [1.54, 1.807) is 0 Å². The third-order valence-corrected chi connectivity index (χ3v) is 2.29. The summed E-state index contributed by atoms with van der Waals surface area (Å²) in [5.41, 5.74) is 1.34. The average molecular weight is 227 g/mol. The number of rotatable bonds is 5. The average Bonchev–Trinajstić information content (AvgIpc) is 2.29. The number of hydrogen-bond acceptors (Lipinski definition) is 2. The molecule has 0 radical (unpaired) electrons. The normalized spacial score (nSPS) is 11.5. The molecule has 0 aliphatic heterocycles. The van der Waals surface area contributed by atoms with E-state index in [4.69, 9.17) is 16.5 Å². The van der Waals surface area contributed by atoms with Gasteiger partial charge in [-0.05, 0) is 25.3 Å². The molecule has 0 saturated carbocycles. The Kier molecular flexibility index (Phi) is 5.86. The molecule has 0 aliphatic carbocycles. The second-order valence-electron chi connectivity index (χ2n) is 3.25.